The molecule has 1 N–H and O–H groups in total. The minimum atomic E-state index is -3.82. The van der Waals surface area contributed by atoms with E-state index in [1.807, 2.05) is 0 Å². The molecule has 0 aliphatic carbocycles. The molecule has 1 rings (SSSR count). The molecule has 0 saturated heterocycles. The first-order valence-electron chi connectivity index (χ1n) is 5.41. The van der Waals surface area contributed by atoms with Gasteiger partial charge in [0.1, 0.15) is 12.2 Å². The Kier molecular flexibility index (Phi) is 6.04. The second kappa shape index (κ2) is 6.88. The van der Waals surface area contributed by atoms with Crippen LogP contribution < -0.4 is 4.72 Å². The summed E-state index contributed by atoms with van der Waals surface area (Å²) in [4.78, 5) is 0. The first-order valence-corrected chi connectivity index (χ1v) is 7.57. The standard InChI is InChI=1S/C11H15Cl2NO4S/c1-7(18-19(15,16)14-2)11(17-3)10-8(12)5-4-6-9(10)13/h4-7,11,14H,1-3H3/t7-,11+/m1/s1. The average Bonchev–Trinajstić information content (AvgIpc) is 2.33. The fourth-order valence-corrected chi connectivity index (χ4v) is 2.83. The smallest absolute Gasteiger partial charge is 0.335 e. The summed E-state index contributed by atoms with van der Waals surface area (Å²) in [5.74, 6) is 0. The molecule has 0 spiro atoms. The summed E-state index contributed by atoms with van der Waals surface area (Å²) >= 11 is 12.1. The number of methoxy groups -OCH3 is 1. The average molecular weight is 328 g/mol. The van der Waals surface area contributed by atoms with Gasteiger partial charge < -0.3 is 4.74 Å². The van der Waals surface area contributed by atoms with Crippen LogP contribution in [0.15, 0.2) is 18.2 Å². The summed E-state index contributed by atoms with van der Waals surface area (Å²) in [7, 11) is -1.14. The largest absolute Gasteiger partial charge is 0.374 e. The van der Waals surface area contributed by atoms with Gasteiger partial charge in [0.15, 0.2) is 0 Å². The van der Waals surface area contributed by atoms with E-state index in [0.717, 1.165) is 0 Å². The summed E-state index contributed by atoms with van der Waals surface area (Å²) < 4.78 is 35.0. The third kappa shape index (κ3) is 4.30. The molecule has 0 heterocycles. The molecule has 108 valence electrons. The molecule has 0 saturated carbocycles. The first kappa shape index (κ1) is 16.7. The Morgan fingerprint density at radius 1 is 1.26 bits per heavy atom. The van der Waals surface area contributed by atoms with Gasteiger partial charge in [-0.05, 0) is 19.1 Å². The topological polar surface area (TPSA) is 64.6 Å². The zero-order valence-electron chi connectivity index (χ0n) is 10.7. The highest BCUT2D eigenvalue weighted by atomic mass is 35.5. The van der Waals surface area contributed by atoms with Crippen molar-refractivity contribution in [1.82, 2.24) is 4.72 Å². The van der Waals surface area contributed by atoms with Gasteiger partial charge in [0.05, 0.1) is 0 Å². The Bertz CT molecular complexity index is 515. The van der Waals surface area contributed by atoms with Gasteiger partial charge in [-0.1, -0.05) is 29.3 Å². The molecule has 0 amide bonds. The van der Waals surface area contributed by atoms with Crippen LogP contribution in [-0.2, 0) is 19.2 Å². The summed E-state index contributed by atoms with van der Waals surface area (Å²) in [6.07, 6.45) is -1.50. The number of halogens is 2. The fourth-order valence-electron chi connectivity index (χ4n) is 1.63. The summed E-state index contributed by atoms with van der Waals surface area (Å²) in [5, 5.41) is 0.772. The predicted octanol–water partition coefficient (Wildman–Crippen LogP) is 2.55. The fraction of sp³-hybridized carbons (Fsp3) is 0.455. The summed E-state index contributed by atoms with van der Waals surface area (Å²) in [5.41, 5.74) is 0.493. The number of benzene rings is 1. The maximum absolute atomic E-state index is 11.4. The molecular weight excluding hydrogens is 313 g/mol. The van der Waals surface area contributed by atoms with Crippen LogP contribution in [0.3, 0.4) is 0 Å². The van der Waals surface area contributed by atoms with Crippen molar-refractivity contribution in [3.05, 3.63) is 33.8 Å². The minimum absolute atomic E-state index is 0.386. The van der Waals surface area contributed by atoms with Crippen molar-refractivity contribution >= 4 is 33.5 Å². The molecule has 0 unspecified atom stereocenters. The second-order valence-corrected chi connectivity index (χ2v) is 6.07. The lowest BCUT2D eigenvalue weighted by Crippen LogP contribution is -2.30. The highest BCUT2D eigenvalue weighted by Gasteiger charge is 2.28. The highest BCUT2D eigenvalue weighted by molar-refractivity contribution is 7.84. The van der Waals surface area contributed by atoms with E-state index in [0.29, 0.717) is 15.6 Å². The van der Waals surface area contributed by atoms with Crippen LogP contribution in [0.4, 0.5) is 0 Å². The molecule has 2 atom stereocenters. The zero-order valence-corrected chi connectivity index (χ0v) is 13.0. The quantitative estimate of drug-likeness (QED) is 0.872. The van der Waals surface area contributed by atoms with Crippen molar-refractivity contribution in [1.29, 1.82) is 0 Å². The molecule has 0 bridgehead atoms. The van der Waals surface area contributed by atoms with Crippen molar-refractivity contribution in [2.24, 2.45) is 0 Å². The number of nitrogens with one attached hydrogen (secondary N) is 1. The van der Waals surface area contributed by atoms with Crippen LogP contribution >= 0.6 is 23.2 Å². The monoisotopic (exact) mass is 327 g/mol. The Labute approximate surface area is 123 Å². The minimum Gasteiger partial charge on any atom is -0.374 e. The lowest BCUT2D eigenvalue weighted by molar-refractivity contribution is 0.0120. The van der Waals surface area contributed by atoms with Gasteiger partial charge in [0.25, 0.3) is 0 Å². The van der Waals surface area contributed by atoms with Crippen molar-refractivity contribution < 1.29 is 17.3 Å². The Morgan fingerprint density at radius 3 is 2.21 bits per heavy atom. The molecule has 0 aromatic heterocycles. The lowest BCUT2D eigenvalue weighted by Gasteiger charge is -2.24. The summed E-state index contributed by atoms with van der Waals surface area (Å²) in [6.45, 7) is 1.56. The maximum atomic E-state index is 11.4. The second-order valence-electron chi connectivity index (χ2n) is 3.75. The van der Waals surface area contributed by atoms with E-state index in [9.17, 15) is 8.42 Å². The SMILES string of the molecule is CNS(=O)(=O)O[C@H](C)[C@H](OC)c1c(Cl)cccc1Cl. The molecule has 0 aliphatic rings. The van der Waals surface area contributed by atoms with Crippen LogP contribution in [0.25, 0.3) is 0 Å². The maximum Gasteiger partial charge on any atom is 0.335 e. The van der Waals surface area contributed by atoms with Crippen molar-refractivity contribution in [2.75, 3.05) is 14.2 Å². The van der Waals surface area contributed by atoms with E-state index in [1.165, 1.54) is 14.2 Å². The van der Waals surface area contributed by atoms with Crippen LogP contribution in [0.5, 0.6) is 0 Å². The molecule has 0 radical (unpaired) electrons. The molecule has 0 fully saturated rings. The number of hydrogen-bond acceptors (Lipinski definition) is 4. The first-order chi connectivity index (χ1) is 8.82. The van der Waals surface area contributed by atoms with Crippen molar-refractivity contribution in [3.63, 3.8) is 0 Å². The van der Waals surface area contributed by atoms with Crippen LogP contribution in [0.2, 0.25) is 10.0 Å². The van der Waals surface area contributed by atoms with Gasteiger partial charge in [0, 0.05) is 29.8 Å². The zero-order chi connectivity index (χ0) is 14.6. The predicted molar refractivity (Wildman–Crippen MR) is 74.7 cm³/mol. The molecule has 0 aliphatic heterocycles. The van der Waals surface area contributed by atoms with Crippen LogP contribution in [-0.4, -0.2) is 28.7 Å². The Morgan fingerprint density at radius 2 is 1.79 bits per heavy atom. The Balaban J connectivity index is 3.07. The van der Waals surface area contributed by atoms with Gasteiger partial charge in [-0.25, -0.2) is 0 Å². The Hall–Kier alpha value is -0.370. The normalized spacial score (nSPS) is 15.2. The molecule has 19 heavy (non-hydrogen) atoms. The van der Waals surface area contributed by atoms with E-state index in [1.54, 1.807) is 25.1 Å². The molecule has 1 aromatic carbocycles. The van der Waals surface area contributed by atoms with E-state index in [-0.39, 0.29) is 0 Å². The van der Waals surface area contributed by atoms with E-state index in [2.05, 4.69) is 4.72 Å². The molecular formula is C11H15Cl2NO4S. The van der Waals surface area contributed by atoms with Gasteiger partial charge >= 0.3 is 10.3 Å². The van der Waals surface area contributed by atoms with Crippen LogP contribution in [0.1, 0.15) is 18.6 Å². The van der Waals surface area contributed by atoms with Gasteiger partial charge in [-0.3, -0.25) is 4.18 Å². The lowest BCUT2D eigenvalue weighted by atomic mass is 10.1. The van der Waals surface area contributed by atoms with Gasteiger partial charge in [-0.15, -0.1) is 0 Å². The highest BCUT2D eigenvalue weighted by Crippen LogP contribution is 2.35. The van der Waals surface area contributed by atoms with Gasteiger partial charge in [0.2, 0.25) is 0 Å². The molecule has 5 nitrogen and oxygen atoms in total. The molecule has 1 aromatic rings. The summed E-state index contributed by atoms with van der Waals surface area (Å²) in [6, 6.07) is 4.99. The van der Waals surface area contributed by atoms with E-state index >= 15 is 0 Å². The third-order valence-electron chi connectivity index (χ3n) is 2.49. The third-order valence-corrected chi connectivity index (χ3v) is 4.21. The van der Waals surface area contributed by atoms with Crippen molar-refractivity contribution in [2.45, 2.75) is 19.1 Å². The van der Waals surface area contributed by atoms with Crippen LogP contribution in [0, 0.1) is 0 Å². The number of rotatable bonds is 6. The van der Waals surface area contributed by atoms with E-state index < -0.39 is 22.5 Å². The number of hydrogen-bond donors (Lipinski definition) is 1. The van der Waals surface area contributed by atoms with Crippen molar-refractivity contribution in [3.8, 4) is 0 Å². The van der Waals surface area contributed by atoms with Gasteiger partial charge in [-0.2, -0.15) is 13.1 Å². The number of ether oxygens (including phenoxy) is 1. The van der Waals surface area contributed by atoms with E-state index in [4.69, 9.17) is 32.1 Å². The molecule has 8 heteroatoms.